The molecular weight excluding hydrogens is 384 g/mol. The number of ether oxygens (including phenoxy) is 2. The van der Waals surface area contributed by atoms with Gasteiger partial charge in [0.25, 0.3) is 5.91 Å². The Morgan fingerprint density at radius 3 is 2.92 bits per heavy atom. The molecule has 2 aromatic rings. The van der Waals surface area contributed by atoms with Crippen LogP contribution in [0.25, 0.3) is 0 Å². The Balaban J connectivity index is 1.90. The summed E-state index contributed by atoms with van der Waals surface area (Å²) >= 11 is 3.38. The molecule has 128 valence electrons. The molecule has 25 heavy (non-hydrogen) atoms. The van der Waals surface area contributed by atoms with Gasteiger partial charge in [0, 0.05) is 10.0 Å². The summed E-state index contributed by atoms with van der Waals surface area (Å²) in [6.45, 7) is 1.98. The minimum Gasteiger partial charge on any atom is -0.484 e. The van der Waals surface area contributed by atoms with Crippen LogP contribution < -0.4 is 14.9 Å². The molecule has 6 heteroatoms. The molecule has 2 aromatic carbocycles. The third-order valence-corrected chi connectivity index (χ3v) is 3.53. The van der Waals surface area contributed by atoms with Crippen LogP contribution in [0.2, 0.25) is 0 Å². The number of carbonyl (C=O) groups is 1. The number of aryl methyl sites for hydroxylation is 1. The van der Waals surface area contributed by atoms with Crippen molar-refractivity contribution in [2.45, 2.75) is 6.92 Å². The Kier molecular flexibility index (Phi) is 7.05. The van der Waals surface area contributed by atoms with Gasteiger partial charge in [0.2, 0.25) is 0 Å². The molecule has 1 N–H and O–H groups in total. The van der Waals surface area contributed by atoms with Crippen LogP contribution in [-0.4, -0.2) is 25.3 Å². The molecule has 0 saturated heterocycles. The summed E-state index contributed by atoms with van der Waals surface area (Å²) in [4.78, 5) is 11.8. The Morgan fingerprint density at radius 1 is 1.32 bits per heavy atom. The molecule has 0 aliphatic carbocycles. The number of hydrogen-bond acceptors (Lipinski definition) is 4. The first kappa shape index (κ1) is 18.6. The lowest BCUT2D eigenvalue weighted by atomic mass is 10.2. The van der Waals surface area contributed by atoms with Crippen LogP contribution >= 0.6 is 15.9 Å². The first-order chi connectivity index (χ1) is 12.1. The standard InChI is InChI=1S/C19H17BrN2O3/c1-3-9-24-18-8-7-16(20)11-15(18)12-21-22-19(23)13-25-17-6-4-5-14(2)10-17/h1,4-8,10-12H,9,13H2,2H3,(H,22,23). The molecule has 0 bridgehead atoms. The van der Waals surface area contributed by atoms with Crippen LogP contribution in [0.4, 0.5) is 0 Å². The summed E-state index contributed by atoms with van der Waals surface area (Å²) in [5, 5.41) is 3.92. The average Bonchev–Trinajstić information content (AvgIpc) is 2.59. The van der Waals surface area contributed by atoms with Crippen LogP contribution in [0.15, 0.2) is 52.0 Å². The van der Waals surface area contributed by atoms with Crippen molar-refractivity contribution in [1.82, 2.24) is 5.43 Å². The molecule has 5 nitrogen and oxygen atoms in total. The van der Waals surface area contributed by atoms with Crippen molar-refractivity contribution in [1.29, 1.82) is 0 Å². The molecule has 0 radical (unpaired) electrons. The van der Waals surface area contributed by atoms with Gasteiger partial charge in [-0.1, -0.05) is 34.0 Å². The van der Waals surface area contributed by atoms with E-state index in [-0.39, 0.29) is 19.1 Å². The number of terminal acetylenes is 1. The zero-order valence-electron chi connectivity index (χ0n) is 13.7. The van der Waals surface area contributed by atoms with Crippen molar-refractivity contribution in [2.75, 3.05) is 13.2 Å². The van der Waals surface area contributed by atoms with Crippen LogP contribution in [-0.2, 0) is 4.79 Å². The van der Waals surface area contributed by atoms with Crippen molar-refractivity contribution in [3.8, 4) is 23.8 Å². The minimum atomic E-state index is -0.362. The normalized spacial score (nSPS) is 10.3. The summed E-state index contributed by atoms with van der Waals surface area (Å²) in [6, 6.07) is 12.9. The molecule has 0 unspecified atom stereocenters. The van der Waals surface area contributed by atoms with E-state index in [2.05, 4.69) is 32.4 Å². The number of hydrogen-bond donors (Lipinski definition) is 1. The Morgan fingerprint density at radius 2 is 2.16 bits per heavy atom. The van der Waals surface area contributed by atoms with Gasteiger partial charge in [0.05, 0.1) is 6.21 Å². The summed E-state index contributed by atoms with van der Waals surface area (Å²) in [7, 11) is 0. The highest BCUT2D eigenvalue weighted by atomic mass is 79.9. The van der Waals surface area contributed by atoms with Gasteiger partial charge >= 0.3 is 0 Å². The van der Waals surface area contributed by atoms with Crippen molar-refractivity contribution in [3.63, 3.8) is 0 Å². The van der Waals surface area contributed by atoms with Gasteiger partial charge in [0.15, 0.2) is 6.61 Å². The van der Waals surface area contributed by atoms with Crippen molar-refractivity contribution >= 4 is 28.1 Å². The van der Waals surface area contributed by atoms with Gasteiger partial charge in [-0.15, -0.1) is 6.42 Å². The maximum absolute atomic E-state index is 11.8. The maximum atomic E-state index is 11.8. The van der Waals surface area contributed by atoms with Gasteiger partial charge in [-0.05, 0) is 42.8 Å². The lowest BCUT2D eigenvalue weighted by Gasteiger charge is -2.07. The van der Waals surface area contributed by atoms with E-state index in [1.807, 2.05) is 37.3 Å². The lowest BCUT2D eigenvalue weighted by molar-refractivity contribution is -0.123. The highest BCUT2D eigenvalue weighted by Gasteiger charge is 2.04. The molecule has 0 atom stereocenters. The SMILES string of the molecule is C#CCOc1ccc(Br)cc1C=NNC(=O)COc1cccc(C)c1. The Labute approximate surface area is 155 Å². The largest absolute Gasteiger partial charge is 0.484 e. The third-order valence-electron chi connectivity index (χ3n) is 3.04. The van der Waals surface area contributed by atoms with Crippen LogP contribution in [0.1, 0.15) is 11.1 Å². The van der Waals surface area contributed by atoms with E-state index in [1.165, 1.54) is 6.21 Å². The minimum absolute atomic E-state index is 0.125. The second-order valence-electron chi connectivity index (χ2n) is 5.07. The van der Waals surface area contributed by atoms with E-state index in [4.69, 9.17) is 15.9 Å². The quantitative estimate of drug-likeness (QED) is 0.440. The van der Waals surface area contributed by atoms with Crippen molar-refractivity contribution in [2.24, 2.45) is 5.10 Å². The maximum Gasteiger partial charge on any atom is 0.277 e. The number of hydrazone groups is 1. The predicted octanol–water partition coefficient (Wildman–Crippen LogP) is 3.30. The van der Waals surface area contributed by atoms with Crippen molar-refractivity contribution < 1.29 is 14.3 Å². The molecule has 1 amide bonds. The third kappa shape index (κ3) is 6.32. The second kappa shape index (κ2) is 9.50. The van der Waals surface area contributed by atoms with Gasteiger partial charge in [-0.3, -0.25) is 4.79 Å². The molecule has 0 aromatic heterocycles. The highest BCUT2D eigenvalue weighted by Crippen LogP contribution is 2.21. The number of carbonyl (C=O) groups excluding carboxylic acids is 1. The average molecular weight is 401 g/mol. The molecule has 0 heterocycles. The van der Waals surface area contributed by atoms with Gasteiger partial charge < -0.3 is 9.47 Å². The lowest BCUT2D eigenvalue weighted by Crippen LogP contribution is -2.24. The van der Waals surface area contributed by atoms with Crippen molar-refractivity contribution in [3.05, 3.63) is 58.1 Å². The Hall–Kier alpha value is -2.78. The monoisotopic (exact) mass is 400 g/mol. The number of amides is 1. The van der Waals surface area contributed by atoms with E-state index < -0.39 is 0 Å². The molecule has 0 saturated carbocycles. The molecule has 0 aliphatic rings. The van der Waals surface area contributed by atoms with E-state index in [9.17, 15) is 4.79 Å². The molecule has 0 fully saturated rings. The first-order valence-corrected chi connectivity index (χ1v) is 8.25. The molecular formula is C19H17BrN2O3. The fraction of sp³-hybridized carbons (Fsp3) is 0.158. The smallest absolute Gasteiger partial charge is 0.277 e. The molecule has 0 aliphatic heterocycles. The second-order valence-corrected chi connectivity index (χ2v) is 5.99. The van der Waals surface area contributed by atoms with Crippen LogP contribution in [0, 0.1) is 19.3 Å². The zero-order valence-corrected chi connectivity index (χ0v) is 15.2. The van der Waals surface area contributed by atoms with Gasteiger partial charge in [-0.25, -0.2) is 5.43 Å². The van der Waals surface area contributed by atoms with E-state index in [0.717, 1.165) is 10.0 Å². The summed E-state index contributed by atoms with van der Waals surface area (Å²) in [5.74, 6) is 3.26. The summed E-state index contributed by atoms with van der Waals surface area (Å²) < 4.78 is 11.7. The fourth-order valence-corrected chi connectivity index (χ4v) is 2.31. The van der Waals surface area contributed by atoms with E-state index in [1.54, 1.807) is 12.1 Å². The summed E-state index contributed by atoms with van der Waals surface area (Å²) in [6.07, 6.45) is 6.69. The topological polar surface area (TPSA) is 59.9 Å². The zero-order chi connectivity index (χ0) is 18.1. The summed E-state index contributed by atoms with van der Waals surface area (Å²) in [5.41, 5.74) is 4.16. The fourth-order valence-electron chi connectivity index (χ4n) is 1.93. The number of halogens is 1. The molecule has 2 rings (SSSR count). The van der Waals surface area contributed by atoms with E-state index in [0.29, 0.717) is 17.1 Å². The number of benzene rings is 2. The van der Waals surface area contributed by atoms with Gasteiger partial charge in [-0.2, -0.15) is 5.10 Å². The first-order valence-electron chi connectivity index (χ1n) is 7.45. The van der Waals surface area contributed by atoms with E-state index >= 15 is 0 Å². The number of nitrogens with one attached hydrogen (secondary N) is 1. The predicted molar refractivity (Wildman–Crippen MR) is 101 cm³/mol. The molecule has 0 spiro atoms. The van der Waals surface area contributed by atoms with Gasteiger partial charge in [0.1, 0.15) is 18.1 Å². The number of rotatable bonds is 7. The van der Waals surface area contributed by atoms with Crippen LogP contribution in [0.5, 0.6) is 11.5 Å². The van der Waals surface area contributed by atoms with Crippen LogP contribution in [0.3, 0.4) is 0 Å². The Bertz CT molecular complexity index is 813. The number of nitrogens with zero attached hydrogens (tertiary/aromatic N) is 1. The highest BCUT2D eigenvalue weighted by molar-refractivity contribution is 9.10.